The van der Waals surface area contributed by atoms with Crippen LogP contribution in [0.1, 0.15) is 25.8 Å². The van der Waals surface area contributed by atoms with Gasteiger partial charge in [-0.25, -0.2) is 4.98 Å². The van der Waals surface area contributed by atoms with Crippen molar-refractivity contribution in [1.82, 2.24) is 14.9 Å². The number of hydrogen-bond donors (Lipinski definition) is 1. The molecule has 1 aromatic heterocycles. The van der Waals surface area contributed by atoms with E-state index in [0.717, 1.165) is 32.5 Å². The van der Waals surface area contributed by atoms with Crippen molar-refractivity contribution in [3.63, 3.8) is 0 Å². The molecule has 1 aromatic rings. The van der Waals surface area contributed by atoms with Gasteiger partial charge in [-0.3, -0.25) is 4.79 Å². The van der Waals surface area contributed by atoms with Gasteiger partial charge in [-0.2, -0.15) is 0 Å². The van der Waals surface area contributed by atoms with Gasteiger partial charge in [-0.15, -0.1) is 0 Å². The van der Waals surface area contributed by atoms with E-state index >= 15 is 0 Å². The average Bonchev–Trinajstić information content (AvgIpc) is 3.13. The molecule has 2 heterocycles. The van der Waals surface area contributed by atoms with Crippen LogP contribution in [-0.2, 0) is 0 Å². The van der Waals surface area contributed by atoms with Gasteiger partial charge in [-0.05, 0) is 19.8 Å². The van der Waals surface area contributed by atoms with Gasteiger partial charge in [-0.1, -0.05) is 0 Å². The van der Waals surface area contributed by atoms with E-state index in [9.17, 15) is 4.79 Å². The summed E-state index contributed by atoms with van der Waals surface area (Å²) < 4.78 is 1.84. The Balaban J connectivity index is 1.91. The number of piperazine rings is 1. The van der Waals surface area contributed by atoms with Gasteiger partial charge in [0.05, 0.1) is 0 Å². The molecule has 2 aliphatic rings. The highest BCUT2D eigenvalue weighted by molar-refractivity contribution is 5.37. The fourth-order valence-electron chi connectivity index (χ4n) is 2.40. The van der Waals surface area contributed by atoms with E-state index in [1.165, 1.54) is 0 Å². The third-order valence-electron chi connectivity index (χ3n) is 3.46. The summed E-state index contributed by atoms with van der Waals surface area (Å²) in [6.45, 7) is 4.77. The Bertz CT molecular complexity index is 466. The summed E-state index contributed by atoms with van der Waals surface area (Å²) in [6.07, 6.45) is 5.82. The summed E-state index contributed by atoms with van der Waals surface area (Å²) in [5.41, 5.74) is 0.0732. The van der Waals surface area contributed by atoms with Crippen molar-refractivity contribution in [1.29, 1.82) is 0 Å². The first-order valence-electron chi connectivity index (χ1n) is 6.31. The zero-order valence-corrected chi connectivity index (χ0v) is 10.1. The van der Waals surface area contributed by atoms with Gasteiger partial charge in [0, 0.05) is 44.1 Å². The lowest BCUT2D eigenvalue weighted by Crippen LogP contribution is -2.51. The summed E-state index contributed by atoms with van der Waals surface area (Å²) in [7, 11) is 0. The lowest BCUT2D eigenvalue weighted by molar-refractivity contribution is 0.479. The molecule has 1 saturated carbocycles. The lowest BCUT2D eigenvalue weighted by Gasteiger charge is -2.32. The van der Waals surface area contributed by atoms with E-state index in [-0.39, 0.29) is 5.56 Å². The van der Waals surface area contributed by atoms with Crippen molar-refractivity contribution in [3.8, 4) is 0 Å². The average molecular weight is 234 g/mol. The van der Waals surface area contributed by atoms with Crippen molar-refractivity contribution < 1.29 is 0 Å². The molecule has 3 rings (SSSR count). The topological polar surface area (TPSA) is 50.2 Å². The maximum atomic E-state index is 12.3. The van der Waals surface area contributed by atoms with Gasteiger partial charge in [0.1, 0.15) is 0 Å². The monoisotopic (exact) mass is 234 g/mol. The second kappa shape index (κ2) is 4.14. The van der Waals surface area contributed by atoms with Crippen LogP contribution in [0, 0.1) is 0 Å². The SMILES string of the molecule is C[C@H]1CN(c2nccn(C3CC3)c2=O)CCN1. The van der Waals surface area contributed by atoms with Crippen LogP contribution in [0.5, 0.6) is 0 Å². The fourth-order valence-corrected chi connectivity index (χ4v) is 2.40. The van der Waals surface area contributed by atoms with Crippen molar-refractivity contribution in [2.75, 3.05) is 24.5 Å². The van der Waals surface area contributed by atoms with Gasteiger partial charge in [0.25, 0.3) is 5.56 Å². The summed E-state index contributed by atoms with van der Waals surface area (Å²) in [5.74, 6) is 0.618. The van der Waals surface area contributed by atoms with E-state index in [1.54, 1.807) is 6.20 Å². The minimum Gasteiger partial charge on any atom is -0.349 e. The Labute approximate surface area is 100 Å². The van der Waals surface area contributed by atoms with Crippen LogP contribution in [0.2, 0.25) is 0 Å². The predicted molar refractivity (Wildman–Crippen MR) is 66.4 cm³/mol. The maximum absolute atomic E-state index is 12.3. The first kappa shape index (κ1) is 10.8. The highest BCUT2D eigenvalue weighted by Crippen LogP contribution is 2.33. The Morgan fingerprint density at radius 2 is 2.29 bits per heavy atom. The minimum absolute atomic E-state index is 0.0732. The van der Waals surface area contributed by atoms with Crippen LogP contribution in [-0.4, -0.2) is 35.2 Å². The van der Waals surface area contributed by atoms with Gasteiger partial charge < -0.3 is 14.8 Å². The van der Waals surface area contributed by atoms with Gasteiger partial charge in [0.15, 0.2) is 5.82 Å². The molecule has 0 radical (unpaired) electrons. The molecule has 2 fully saturated rings. The molecule has 0 spiro atoms. The first-order valence-corrected chi connectivity index (χ1v) is 6.31. The summed E-state index contributed by atoms with van der Waals surface area (Å²) >= 11 is 0. The molecular formula is C12H18N4O. The van der Waals surface area contributed by atoms with Crippen LogP contribution in [0.15, 0.2) is 17.2 Å². The molecule has 1 N–H and O–H groups in total. The molecule has 0 bridgehead atoms. The standard InChI is InChI=1S/C12H18N4O/c1-9-8-15(6-4-13-9)11-12(17)16(7-5-14-11)10-2-3-10/h5,7,9-10,13H,2-4,6,8H2,1H3/t9-/m0/s1. The number of nitrogens with zero attached hydrogens (tertiary/aromatic N) is 3. The third kappa shape index (κ3) is 2.07. The third-order valence-corrected chi connectivity index (χ3v) is 3.46. The highest BCUT2D eigenvalue weighted by atomic mass is 16.1. The van der Waals surface area contributed by atoms with Crippen LogP contribution in [0.4, 0.5) is 5.82 Å². The van der Waals surface area contributed by atoms with Crippen LogP contribution in [0.25, 0.3) is 0 Å². The summed E-state index contributed by atoms with van der Waals surface area (Å²) in [6, 6.07) is 0.837. The second-order valence-corrected chi connectivity index (χ2v) is 5.00. The number of nitrogens with one attached hydrogen (secondary N) is 1. The first-order chi connectivity index (χ1) is 8.25. The Kier molecular flexibility index (Phi) is 2.63. The molecular weight excluding hydrogens is 216 g/mol. The largest absolute Gasteiger partial charge is 0.349 e. The quantitative estimate of drug-likeness (QED) is 0.803. The number of aromatic nitrogens is 2. The Morgan fingerprint density at radius 3 is 3.00 bits per heavy atom. The van der Waals surface area contributed by atoms with Crippen molar-refractivity contribution in [2.24, 2.45) is 0 Å². The Hall–Kier alpha value is -1.36. The molecule has 1 saturated heterocycles. The molecule has 17 heavy (non-hydrogen) atoms. The molecule has 92 valence electrons. The molecule has 0 unspecified atom stereocenters. The van der Waals surface area contributed by atoms with E-state index in [1.807, 2.05) is 10.8 Å². The van der Waals surface area contributed by atoms with Gasteiger partial charge >= 0.3 is 0 Å². The van der Waals surface area contributed by atoms with E-state index in [2.05, 4.69) is 22.1 Å². The van der Waals surface area contributed by atoms with Gasteiger partial charge in [0.2, 0.25) is 0 Å². The number of hydrogen-bond acceptors (Lipinski definition) is 4. The van der Waals surface area contributed by atoms with Crippen molar-refractivity contribution in [3.05, 3.63) is 22.7 Å². The fraction of sp³-hybridized carbons (Fsp3) is 0.667. The van der Waals surface area contributed by atoms with E-state index < -0.39 is 0 Å². The van der Waals surface area contributed by atoms with Crippen LogP contribution in [0.3, 0.4) is 0 Å². The lowest BCUT2D eigenvalue weighted by atomic mass is 10.2. The molecule has 1 atom stereocenters. The predicted octanol–water partition coefficient (Wildman–Crippen LogP) is 0.376. The smallest absolute Gasteiger partial charge is 0.293 e. The Morgan fingerprint density at radius 1 is 1.47 bits per heavy atom. The van der Waals surface area contributed by atoms with Crippen LogP contribution >= 0.6 is 0 Å². The second-order valence-electron chi connectivity index (χ2n) is 5.00. The molecule has 5 nitrogen and oxygen atoms in total. The molecule has 1 aliphatic carbocycles. The zero-order valence-electron chi connectivity index (χ0n) is 10.1. The van der Waals surface area contributed by atoms with E-state index in [0.29, 0.717) is 17.9 Å². The number of rotatable bonds is 2. The molecule has 0 aromatic carbocycles. The van der Waals surface area contributed by atoms with Crippen molar-refractivity contribution in [2.45, 2.75) is 31.8 Å². The molecule has 1 aliphatic heterocycles. The highest BCUT2D eigenvalue weighted by Gasteiger charge is 2.27. The zero-order chi connectivity index (χ0) is 11.8. The maximum Gasteiger partial charge on any atom is 0.293 e. The molecule has 0 amide bonds. The van der Waals surface area contributed by atoms with Crippen molar-refractivity contribution >= 4 is 5.82 Å². The van der Waals surface area contributed by atoms with E-state index in [4.69, 9.17) is 0 Å². The summed E-state index contributed by atoms with van der Waals surface area (Å²) in [4.78, 5) is 18.7. The van der Waals surface area contributed by atoms with Crippen LogP contribution < -0.4 is 15.8 Å². The molecule has 5 heteroatoms. The normalized spacial score (nSPS) is 25.0. The number of anilines is 1. The minimum atomic E-state index is 0.0732. The summed E-state index contributed by atoms with van der Waals surface area (Å²) in [5, 5.41) is 3.37.